The van der Waals surface area contributed by atoms with Crippen molar-refractivity contribution in [3.63, 3.8) is 0 Å². The molecule has 12 heteroatoms. The van der Waals surface area contributed by atoms with Crippen LogP contribution in [0.2, 0.25) is 10.0 Å². The number of benzene rings is 3. The van der Waals surface area contributed by atoms with Crippen LogP contribution in [0.4, 0.5) is 16.2 Å². The molecular weight excluding hydrogens is 583 g/mol. The number of aliphatic carboxylic acids is 1. The molecule has 1 saturated heterocycles. The fourth-order valence-electron chi connectivity index (χ4n) is 4.59. The third kappa shape index (κ3) is 7.71. The molecule has 0 saturated carbocycles. The molecule has 1 unspecified atom stereocenters. The highest BCUT2D eigenvalue weighted by molar-refractivity contribution is 6.40. The van der Waals surface area contributed by atoms with Gasteiger partial charge in [0.2, 0.25) is 0 Å². The van der Waals surface area contributed by atoms with Crippen LogP contribution in [0.5, 0.6) is 5.75 Å². The number of methoxy groups -OCH3 is 1. The smallest absolute Gasteiger partial charge is 0.326 e. The maximum absolute atomic E-state index is 13.2. The molecule has 1 aliphatic heterocycles. The Morgan fingerprint density at radius 3 is 2.21 bits per heavy atom. The Morgan fingerprint density at radius 1 is 0.929 bits per heavy atom. The van der Waals surface area contributed by atoms with Crippen LogP contribution in [0.25, 0.3) is 0 Å². The Hall–Kier alpha value is -4.28. The van der Waals surface area contributed by atoms with Crippen molar-refractivity contribution in [3.8, 4) is 5.75 Å². The third-order valence-corrected chi connectivity index (χ3v) is 7.42. The van der Waals surface area contributed by atoms with Crippen molar-refractivity contribution in [1.82, 2.24) is 10.2 Å². The van der Waals surface area contributed by atoms with E-state index in [0.29, 0.717) is 30.1 Å². The van der Waals surface area contributed by atoms with E-state index in [4.69, 9.17) is 27.9 Å². The standard InChI is InChI=1S/C30H30Cl2N4O6/c1-42-20-12-13-21(28(38)36-14-3-2-4-15-36)24(17-20)34-30(41)35-25(29(39)40)16-18-8-10-19(11-9-18)33-27(37)26-22(31)6-5-7-23(26)32/h5-13,17,25H,2-4,14-16H2,1H3,(H,33,37)(H,39,40)(H2,34,35,41). The number of urea groups is 1. The molecule has 1 heterocycles. The summed E-state index contributed by atoms with van der Waals surface area (Å²) in [6.45, 7) is 1.27. The van der Waals surface area contributed by atoms with E-state index in [1.807, 2.05) is 0 Å². The van der Waals surface area contributed by atoms with E-state index < -0.39 is 23.9 Å². The lowest BCUT2D eigenvalue weighted by atomic mass is 10.1. The van der Waals surface area contributed by atoms with E-state index in [-0.39, 0.29) is 39.2 Å². The van der Waals surface area contributed by atoms with Gasteiger partial charge in [-0.3, -0.25) is 9.59 Å². The molecule has 4 amide bonds. The van der Waals surface area contributed by atoms with Gasteiger partial charge in [-0.25, -0.2) is 9.59 Å². The summed E-state index contributed by atoms with van der Waals surface area (Å²) in [5.41, 5.74) is 1.68. The molecular formula is C30H30Cl2N4O6. The average Bonchev–Trinajstić information content (AvgIpc) is 2.97. The summed E-state index contributed by atoms with van der Waals surface area (Å²) in [7, 11) is 1.47. The first-order chi connectivity index (χ1) is 20.2. The Morgan fingerprint density at radius 2 is 1.60 bits per heavy atom. The number of carboxylic acid groups (broad SMARTS) is 1. The van der Waals surface area contributed by atoms with Crippen LogP contribution in [-0.2, 0) is 11.2 Å². The number of carbonyl (C=O) groups is 4. The quantitative estimate of drug-likeness (QED) is 0.245. The zero-order valence-corrected chi connectivity index (χ0v) is 24.3. The van der Waals surface area contributed by atoms with Gasteiger partial charge in [-0.05, 0) is 61.2 Å². The number of amides is 4. The Labute approximate surface area is 252 Å². The number of halogens is 2. The number of hydrogen-bond acceptors (Lipinski definition) is 5. The van der Waals surface area contributed by atoms with Crippen LogP contribution in [0.15, 0.2) is 60.7 Å². The molecule has 0 aliphatic carbocycles. The lowest BCUT2D eigenvalue weighted by Gasteiger charge is -2.27. The van der Waals surface area contributed by atoms with Crippen molar-refractivity contribution in [2.24, 2.45) is 0 Å². The largest absolute Gasteiger partial charge is 0.497 e. The van der Waals surface area contributed by atoms with Crippen LogP contribution < -0.4 is 20.7 Å². The number of likely N-dealkylation sites (tertiary alicyclic amines) is 1. The number of carboxylic acids is 1. The van der Waals surface area contributed by atoms with Gasteiger partial charge in [0.15, 0.2) is 0 Å². The number of piperidine rings is 1. The third-order valence-electron chi connectivity index (χ3n) is 6.79. The topological polar surface area (TPSA) is 137 Å². The number of nitrogens with one attached hydrogen (secondary N) is 3. The lowest BCUT2D eigenvalue weighted by Crippen LogP contribution is -2.44. The summed E-state index contributed by atoms with van der Waals surface area (Å²) < 4.78 is 5.26. The van der Waals surface area contributed by atoms with Crippen molar-refractivity contribution in [3.05, 3.63) is 87.4 Å². The van der Waals surface area contributed by atoms with E-state index >= 15 is 0 Å². The molecule has 3 aromatic carbocycles. The molecule has 1 fully saturated rings. The number of ether oxygens (including phenoxy) is 1. The second-order valence-corrected chi connectivity index (χ2v) is 10.5. The van der Waals surface area contributed by atoms with E-state index in [1.54, 1.807) is 59.5 Å². The second kappa shape index (κ2) is 14.1. The van der Waals surface area contributed by atoms with Crippen molar-refractivity contribution in [2.75, 3.05) is 30.8 Å². The lowest BCUT2D eigenvalue weighted by molar-refractivity contribution is -0.139. The van der Waals surface area contributed by atoms with Crippen molar-refractivity contribution in [2.45, 2.75) is 31.7 Å². The van der Waals surface area contributed by atoms with Gasteiger partial charge in [0, 0.05) is 31.3 Å². The summed E-state index contributed by atoms with van der Waals surface area (Å²) in [6, 6.07) is 13.9. The minimum Gasteiger partial charge on any atom is -0.497 e. The number of nitrogens with zero attached hydrogens (tertiary/aromatic N) is 1. The minimum atomic E-state index is -1.28. The van der Waals surface area contributed by atoms with Gasteiger partial charge in [0.25, 0.3) is 11.8 Å². The van der Waals surface area contributed by atoms with Gasteiger partial charge in [0.1, 0.15) is 11.8 Å². The van der Waals surface area contributed by atoms with E-state index in [2.05, 4.69) is 16.0 Å². The highest BCUT2D eigenvalue weighted by Gasteiger charge is 2.25. The monoisotopic (exact) mass is 612 g/mol. The van der Waals surface area contributed by atoms with Crippen molar-refractivity contribution in [1.29, 1.82) is 0 Å². The number of hydrogen-bond donors (Lipinski definition) is 4. The molecule has 1 aliphatic rings. The van der Waals surface area contributed by atoms with Gasteiger partial charge < -0.3 is 30.7 Å². The summed E-state index contributed by atoms with van der Waals surface area (Å²) in [5, 5.41) is 18.0. The first-order valence-corrected chi connectivity index (χ1v) is 14.0. The molecule has 3 aromatic rings. The van der Waals surface area contributed by atoms with Crippen LogP contribution in [0.1, 0.15) is 45.5 Å². The molecule has 42 heavy (non-hydrogen) atoms. The molecule has 0 spiro atoms. The minimum absolute atomic E-state index is 0.0367. The maximum atomic E-state index is 13.2. The van der Waals surface area contributed by atoms with Gasteiger partial charge >= 0.3 is 12.0 Å². The summed E-state index contributed by atoms with van der Waals surface area (Å²) >= 11 is 12.2. The molecule has 220 valence electrons. The number of carbonyl (C=O) groups excluding carboxylic acids is 3. The van der Waals surface area contributed by atoms with Crippen LogP contribution in [0, 0.1) is 0 Å². The fraction of sp³-hybridized carbons (Fsp3) is 0.267. The van der Waals surface area contributed by atoms with Crippen LogP contribution in [0.3, 0.4) is 0 Å². The first kappa shape index (κ1) is 30.7. The van der Waals surface area contributed by atoms with Crippen LogP contribution in [-0.4, -0.2) is 60.1 Å². The highest BCUT2D eigenvalue weighted by atomic mass is 35.5. The molecule has 0 radical (unpaired) electrons. The van der Waals surface area contributed by atoms with E-state index in [1.165, 1.54) is 13.2 Å². The molecule has 4 N–H and O–H groups in total. The van der Waals surface area contributed by atoms with Gasteiger partial charge in [-0.1, -0.05) is 41.4 Å². The predicted molar refractivity (Wildman–Crippen MR) is 161 cm³/mol. The van der Waals surface area contributed by atoms with Gasteiger partial charge in [-0.15, -0.1) is 0 Å². The normalized spacial score (nSPS) is 13.5. The fourth-order valence-corrected chi connectivity index (χ4v) is 5.16. The summed E-state index contributed by atoms with van der Waals surface area (Å²) in [6.07, 6.45) is 2.85. The van der Waals surface area contributed by atoms with Crippen LogP contribution >= 0.6 is 23.2 Å². The Bertz CT molecular complexity index is 1450. The Balaban J connectivity index is 1.42. The molecule has 0 aromatic heterocycles. The van der Waals surface area contributed by atoms with E-state index in [0.717, 1.165) is 19.3 Å². The number of rotatable bonds is 9. The van der Waals surface area contributed by atoms with Crippen molar-refractivity contribution < 1.29 is 29.0 Å². The van der Waals surface area contributed by atoms with Crippen molar-refractivity contribution >= 4 is 58.4 Å². The zero-order valence-electron chi connectivity index (χ0n) is 22.8. The van der Waals surface area contributed by atoms with E-state index in [9.17, 15) is 24.3 Å². The Kier molecular flexibility index (Phi) is 10.3. The molecule has 10 nitrogen and oxygen atoms in total. The highest BCUT2D eigenvalue weighted by Crippen LogP contribution is 2.27. The molecule has 0 bridgehead atoms. The second-order valence-electron chi connectivity index (χ2n) is 9.71. The van der Waals surface area contributed by atoms with Gasteiger partial charge in [0.05, 0.1) is 34.0 Å². The summed E-state index contributed by atoms with van der Waals surface area (Å²) in [4.78, 5) is 52.4. The molecule has 4 rings (SSSR count). The maximum Gasteiger partial charge on any atom is 0.326 e. The number of anilines is 2. The average molecular weight is 613 g/mol. The molecule has 1 atom stereocenters. The van der Waals surface area contributed by atoms with Gasteiger partial charge in [-0.2, -0.15) is 0 Å². The first-order valence-electron chi connectivity index (χ1n) is 13.3. The SMILES string of the molecule is COc1ccc(C(=O)N2CCCCC2)c(NC(=O)NC(Cc2ccc(NC(=O)c3c(Cl)cccc3Cl)cc2)C(=O)O)c1. The predicted octanol–water partition coefficient (Wildman–Crippen LogP) is 5.70. The summed E-state index contributed by atoms with van der Waals surface area (Å²) in [5.74, 6) is -1.52. The zero-order chi connectivity index (χ0) is 30.2.